The number of nitrogens with zero attached hydrogens (tertiary/aromatic N) is 1. The fourth-order valence-corrected chi connectivity index (χ4v) is 4.85. The second-order valence-electron chi connectivity index (χ2n) is 6.16. The molecule has 5 heteroatoms. The fraction of sp³-hybridized carbons (Fsp3) is 0.600. The van der Waals surface area contributed by atoms with Gasteiger partial charge in [-0.15, -0.1) is 11.3 Å². The predicted molar refractivity (Wildman–Crippen MR) is 77.4 cm³/mol. The Labute approximate surface area is 122 Å². The van der Waals surface area contributed by atoms with Crippen LogP contribution in [-0.4, -0.2) is 12.5 Å². The molecule has 1 amide bonds. The number of amides is 1. The summed E-state index contributed by atoms with van der Waals surface area (Å²) in [5, 5.41) is 16.5. The van der Waals surface area contributed by atoms with Crippen molar-refractivity contribution in [2.45, 2.75) is 32.2 Å². The van der Waals surface area contributed by atoms with Gasteiger partial charge in [0.25, 0.3) is 0 Å². The molecule has 1 aliphatic heterocycles. The summed E-state index contributed by atoms with van der Waals surface area (Å²) in [7, 11) is 0. The van der Waals surface area contributed by atoms with Crippen molar-refractivity contribution in [3.63, 3.8) is 0 Å². The highest BCUT2D eigenvalue weighted by Gasteiger charge is 2.48. The molecule has 2 N–H and O–H groups in total. The van der Waals surface area contributed by atoms with Crippen LogP contribution in [0.5, 0.6) is 0 Å². The standard InChI is InChI=1S/C15H17N3OS/c16-6-12-11-1-2-17-7-13(11)20-15(12)18-14(19)10-4-8-3-9(8)5-10/h8-10,17H,1-5,7H2,(H,18,19). The predicted octanol–water partition coefficient (Wildman–Crippen LogP) is 2.25. The van der Waals surface area contributed by atoms with Crippen LogP contribution in [-0.2, 0) is 17.8 Å². The quantitative estimate of drug-likeness (QED) is 0.877. The summed E-state index contributed by atoms with van der Waals surface area (Å²) in [5.41, 5.74) is 1.84. The second kappa shape index (κ2) is 4.57. The van der Waals surface area contributed by atoms with Crippen molar-refractivity contribution in [1.82, 2.24) is 5.32 Å². The lowest BCUT2D eigenvalue weighted by molar-refractivity contribution is -0.119. The zero-order valence-corrected chi connectivity index (χ0v) is 12.1. The first-order valence-electron chi connectivity index (χ1n) is 7.32. The molecule has 0 aromatic carbocycles. The number of hydrogen-bond acceptors (Lipinski definition) is 4. The maximum absolute atomic E-state index is 12.3. The second-order valence-corrected chi connectivity index (χ2v) is 7.27. The Morgan fingerprint density at radius 1 is 1.35 bits per heavy atom. The monoisotopic (exact) mass is 287 g/mol. The molecule has 1 aromatic rings. The third-order valence-corrected chi connectivity index (χ3v) is 6.04. The minimum absolute atomic E-state index is 0.125. The number of anilines is 1. The highest BCUT2D eigenvalue weighted by atomic mass is 32.1. The van der Waals surface area contributed by atoms with Crippen LogP contribution in [0.1, 0.15) is 35.3 Å². The summed E-state index contributed by atoms with van der Waals surface area (Å²) >= 11 is 1.57. The van der Waals surface area contributed by atoms with Crippen molar-refractivity contribution in [2.24, 2.45) is 17.8 Å². The first kappa shape index (κ1) is 12.4. The molecule has 0 radical (unpaired) electrons. The number of nitriles is 1. The van der Waals surface area contributed by atoms with E-state index in [9.17, 15) is 10.1 Å². The molecule has 2 fully saturated rings. The lowest BCUT2D eigenvalue weighted by Gasteiger charge is -2.12. The van der Waals surface area contributed by atoms with Gasteiger partial charge in [0.05, 0.1) is 5.56 Å². The Hall–Kier alpha value is -1.38. The summed E-state index contributed by atoms with van der Waals surface area (Å²) in [4.78, 5) is 13.5. The van der Waals surface area contributed by atoms with Gasteiger partial charge in [-0.1, -0.05) is 0 Å². The average molecular weight is 287 g/mol. The van der Waals surface area contributed by atoms with E-state index in [0.717, 1.165) is 54.8 Å². The van der Waals surface area contributed by atoms with Gasteiger partial charge in [-0.3, -0.25) is 4.79 Å². The number of carbonyl (C=O) groups excluding carboxylic acids is 1. The van der Waals surface area contributed by atoms with Crippen molar-refractivity contribution in [2.75, 3.05) is 11.9 Å². The Balaban J connectivity index is 1.54. The third kappa shape index (κ3) is 1.95. The minimum Gasteiger partial charge on any atom is -0.316 e. The fourth-order valence-electron chi connectivity index (χ4n) is 3.68. The van der Waals surface area contributed by atoms with Gasteiger partial charge in [0, 0.05) is 17.3 Å². The molecular weight excluding hydrogens is 270 g/mol. The van der Waals surface area contributed by atoms with Crippen LogP contribution in [0.15, 0.2) is 0 Å². The Kier molecular flexibility index (Phi) is 2.83. The molecule has 3 aliphatic rings. The van der Waals surface area contributed by atoms with Crippen molar-refractivity contribution in [1.29, 1.82) is 5.26 Å². The molecule has 2 aliphatic carbocycles. The number of hydrogen-bond donors (Lipinski definition) is 2. The van der Waals surface area contributed by atoms with Gasteiger partial charge in [-0.05, 0) is 49.6 Å². The van der Waals surface area contributed by atoms with E-state index in [1.165, 1.54) is 11.3 Å². The van der Waals surface area contributed by atoms with E-state index in [1.54, 1.807) is 11.3 Å². The van der Waals surface area contributed by atoms with Gasteiger partial charge < -0.3 is 10.6 Å². The molecule has 1 aromatic heterocycles. The molecule has 0 spiro atoms. The van der Waals surface area contributed by atoms with Crippen LogP contribution in [0.4, 0.5) is 5.00 Å². The largest absolute Gasteiger partial charge is 0.316 e. The SMILES string of the molecule is N#Cc1c(NC(=O)C2CC3CC3C2)sc2c1CCNC2. The third-order valence-electron chi connectivity index (χ3n) is 4.89. The summed E-state index contributed by atoms with van der Waals surface area (Å²) in [5.74, 6) is 1.91. The van der Waals surface area contributed by atoms with E-state index >= 15 is 0 Å². The number of fused-ring (bicyclic) bond motifs is 2. The summed E-state index contributed by atoms with van der Waals surface area (Å²) < 4.78 is 0. The first-order valence-corrected chi connectivity index (χ1v) is 8.14. The number of carbonyl (C=O) groups is 1. The van der Waals surface area contributed by atoms with Crippen molar-refractivity contribution < 1.29 is 4.79 Å². The lowest BCUT2D eigenvalue weighted by atomic mass is 10.0. The van der Waals surface area contributed by atoms with Gasteiger partial charge >= 0.3 is 0 Å². The highest BCUT2D eigenvalue weighted by Crippen LogP contribution is 2.54. The zero-order valence-electron chi connectivity index (χ0n) is 11.2. The maximum atomic E-state index is 12.3. The molecule has 20 heavy (non-hydrogen) atoms. The zero-order chi connectivity index (χ0) is 13.7. The van der Waals surface area contributed by atoms with E-state index in [1.807, 2.05) is 0 Å². The molecule has 4 rings (SSSR count). The van der Waals surface area contributed by atoms with E-state index in [-0.39, 0.29) is 11.8 Å². The van der Waals surface area contributed by atoms with E-state index < -0.39 is 0 Å². The van der Waals surface area contributed by atoms with Crippen molar-refractivity contribution in [3.8, 4) is 6.07 Å². The Bertz CT molecular complexity index is 605. The number of nitrogens with one attached hydrogen (secondary N) is 2. The number of rotatable bonds is 2. The number of thiophene rings is 1. The van der Waals surface area contributed by atoms with Crippen LogP contribution in [0.25, 0.3) is 0 Å². The molecule has 2 heterocycles. The normalized spacial score (nSPS) is 30.2. The van der Waals surface area contributed by atoms with Gasteiger partial charge in [0.1, 0.15) is 11.1 Å². The van der Waals surface area contributed by atoms with Gasteiger partial charge in [-0.25, -0.2) is 0 Å². The smallest absolute Gasteiger partial charge is 0.228 e. The molecule has 104 valence electrons. The average Bonchev–Trinajstić information content (AvgIpc) is 2.93. The minimum atomic E-state index is 0.125. The Morgan fingerprint density at radius 2 is 2.15 bits per heavy atom. The maximum Gasteiger partial charge on any atom is 0.228 e. The van der Waals surface area contributed by atoms with Crippen LogP contribution in [0, 0.1) is 29.1 Å². The van der Waals surface area contributed by atoms with E-state index in [4.69, 9.17) is 0 Å². The molecule has 0 bridgehead atoms. The van der Waals surface area contributed by atoms with Gasteiger partial charge in [0.2, 0.25) is 5.91 Å². The summed E-state index contributed by atoms with van der Waals surface area (Å²) in [6, 6.07) is 2.29. The first-order chi connectivity index (χ1) is 9.76. The molecule has 0 saturated heterocycles. The lowest BCUT2D eigenvalue weighted by Crippen LogP contribution is -2.22. The van der Waals surface area contributed by atoms with Crippen LogP contribution in [0.3, 0.4) is 0 Å². The summed E-state index contributed by atoms with van der Waals surface area (Å²) in [6.07, 6.45) is 4.31. The molecule has 2 unspecified atom stereocenters. The molecule has 4 nitrogen and oxygen atoms in total. The topological polar surface area (TPSA) is 64.9 Å². The molecule has 2 atom stereocenters. The highest BCUT2D eigenvalue weighted by molar-refractivity contribution is 7.16. The Morgan fingerprint density at radius 3 is 2.90 bits per heavy atom. The van der Waals surface area contributed by atoms with Gasteiger partial charge in [0.15, 0.2) is 0 Å². The molecule has 2 saturated carbocycles. The van der Waals surface area contributed by atoms with E-state index in [2.05, 4.69) is 16.7 Å². The van der Waals surface area contributed by atoms with Crippen molar-refractivity contribution >= 4 is 22.2 Å². The van der Waals surface area contributed by atoms with Crippen molar-refractivity contribution in [3.05, 3.63) is 16.0 Å². The van der Waals surface area contributed by atoms with Crippen LogP contribution < -0.4 is 10.6 Å². The van der Waals surface area contributed by atoms with Gasteiger partial charge in [-0.2, -0.15) is 5.26 Å². The molecular formula is C15H17N3OS. The van der Waals surface area contributed by atoms with E-state index in [0.29, 0.717) is 5.56 Å². The summed E-state index contributed by atoms with van der Waals surface area (Å²) in [6.45, 7) is 1.73. The van der Waals surface area contributed by atoms with Crippen LogP contribution >= 0.6 is 11.3 Å². The van der Waals surface area contributed by atoms with Crippen LogP contribution in [0.2, 0.25) is 0 Å².